The van der Waals surface area contributed by atoms with Crippen LogP contribution in [0.4, 0.5) is 11.4 Å². The van der Waals surface area contributed by atoms with Gasteiger partial charge in [-0.1, -0.05) is 12.1 Å². The van der Waals surface area contributed by atoms with Crippen molar-refractivity contribution in [2.75, 3.05) is 10.6 Å². The second-order valence-corrected chi connectivity index (χ2v) is 7.78. The van der Waals surface area contributed by atoms with E-state index in [0.717, 1.165) is 0 Å². The summed E-state index contributed by atoms with van der Waals surface area (Å²) >= 11 is 0. The summed E-state index contributed by atoms with van der Waals surface area (Å²) in [4.78, 5) is 42.1. The SMILES string of the molecule is Cc1nc2ccccc2c(=O)n1-c1ccc(C(=O)Nc2ccc3c(c2)NC(=O)[C@@H](C)O3)cc1. The molecule has 0 bridgehead atoms. The van der Waals surface area contributed by atoms with E-state index in [-0.39, 0.29) is 17.4 Å². The molecular formula is C25H20N4O4. The van der Waals surface area contributed by atoms with Crippen molar-refractivity contribution in [3.63, 3.8) is 0 Å². The minimum atomic E-state index is -0.564. The zero-order valence-electron chi connectivity index (χ0n) is 18.0. The predicted molar refractivity (Wildman–Crippen MR) is 125 cm³/mol. The quantitative estimate of drug-likeness (QED) is 0.506. The molecule has 3 aromatic carbocycles. The molecule has 0 saturated carbocycles. The molecule has 0 saturated heterocycles. The third-order valence-electron chi connectivity index (χ3n) is 5.50. The zero-order valence-corrected chi connectivity index (χ0v) is 18.0. The molecule has 8 heteroatoms. The lowest BCUT2D eigenvalue weighted by atomic mass is 10.1. The van der Waals surface area contributed by atoms with E-state index in [9.17, 15) is 14.4 Å². The van der Waals surface area contributed by atoms with Crippen LogP contribution in [0.5, 0.6) is 5.75 Å². The first-order valence-corrected chi connectivity index (χ1v) is 10.4. The second-order valence-electron chi connectivity index (χ2n) is 7.78. The average Bonchev–Trinajstić information content (AvgIpc) is 2.80. The highest BCUT2D eigenvalue weighted by atomic mass is 16.5. The number of ether oxygens (including phenoxy) is 1. The van der Waals surface area contributed by atoms with Gasteiger partial charge in [-0.05, 0) is 68.4 Å². The third kappa shape index (κ3) is 3.71. The Bertz CT molecular complexity index is 1470. The van der Waals surface area contributed by atoms with E-state index in [1.54, 1.807) is 74.5 Å². The van der Waals surface area contributed by atoms with E-state index < -0.39 is 6.10 Å². The summed E-state index contributed by atoms with van der Waals surface area (Å²) in [5, 5.41) is 6.10. The molecule has 4 aromatic rings. The lowest BCUT2D eigenvalue weighted by Gasteiger charge is -2.23. The fourth-order valence-electron chi connectivity index (χ4n) is 3.80. The van der Waals surface area contributed by atoms with Gasteiger partial charge in [0.15, 0.2) is 6.10 Å². The molecule has 0 spiro atoms. The normalized spacial score (nSPS) is 14.8. The van der Waals surface area contributed by atoms with Crippen molar-refractivity contribution in [3.8, 4) is 11.4 Å². The zero-order chi connectivity index (χ0) is 23.1. The number of para-hydroxylation sites is 1. The number of aryl methyl sites for hydroxylation is 1. The molecule has 8 nitrogen and oxygen atoms in total. The van der Waals surface area contributed by atoms with Crippen LogP contribution >= 0.6 is 0 Å². The van der Waals surface area contributed by atoms with E-state index in [1.165, 1.54) is 4.57 Å². The fourth-order valence-corrected chi connectivity index (χ4v) is 3.80. The van der Waals surface area contributed by atoms with Crippen molar-refractivity contribution in [3.05, 3.63) is 88.5 Å². The van der Waals surface area contributed by atoms with Crippen LogP contribution in [0.3, 0.4) is 0 Å². The standard InChI is InChI=1S/C25H20N4O4/c1-14-23(30)28-21-13-17(9-12-22(21)33-14)27-24(31)16-7-10-18(11-8-16)29-15(2)26-20-6-4-3-5-19(20)25(29)32/h3-14H,1-2H3,(H,27,31)(H,28,30)/t14-/m1/s1. The Morgan fingerprint density at radius 3 is 2.61 bits per heavy atom. The molecule has 0 fully saturated rings. The first-order chi connectivity index (χ1) is 15.9. The number of nitrogens with zero attached hydrogens (tertiary/aromatic N) is 2. The van der Waals surface area contributed by atoms with Crippen LogP contribution in [0.2, 0.25) is 0 Å². The Balaban J connectivity index is 1.39. The topological polar surface area (TPSA) is 102 Å². The van der Waals surface area contributed by atoms with E-state index in [1.807, 2.05) is 6.07 Å². The van der Waals surface area contributed by atoms with E-state index >= 15 is 0 Å². The number of amides is 2. The highest BCUT2D eigenvalue weighted by molar-refractivity contribution is 6.05. The van der Waals surface area contributed by atoms with Gasteiger partial charge in [0.1, 0.15) is 11.6 Å². The molecule has 2 N–H and O–H groups in total. The number of carbonyl (C=O) groups is 2. The Labute approximate surface area is 188 Å². The first kappa shape index (κ1) is 20.4. The largest absolute Gasteiger partial charge is 0.479 e. The molecule has 1 aromatic heterocycles. The second kappa shape index (κ2) is 7.90. The van der Waals surface area contributed by atoms with Crippen molar-refractivity contribution in [1.29, 1.82) is 0 Å². The Morgan fingerprint density at radius 2 is 1.82 bits per heavy atom. The van der Waals surface area contributed by atoms with Crippen LogP contribution in [0.15, 0.2) is 71.5 Å². The minimum Gasteiger partial charge on any atom is -0.479 e. The van der Waals surface area contributed by atoms with E-state index in [2.05, 4.69) is 15.6 Å². The van der Waals surface area contributed by atoms with Crippen molar-refractivity contribution >= 4 is 34.1 Å². The van der Waals surface area contributed by atoms with Crippen LogP contribution in [-0.4, -0.2) is 27.5 Å². The summed E-state index contributed by atoms with van der Waals surface area (Å²) in [5.41, 5.74) is 2.55. The maximum atomic E-state index is 13.0. The van der Waals surface area contributed by atoms with Crippen molar-refractivity contribution in [2.24, 2.45) is 0 Å². The molecule has 164 valence electrons. The Kier molecular flexibility index (Phi) is 4.90. The lowest BCUT2D eigenvalue weighted by molar-refractivity contribution is -0.122. The van der Waals surface area contributed by atoms with Gasteiger partial charge in [0, 0.05) is 11.3 Å². The number of hydrogen-bond donors (Lipinski definition) is 2. The predicted octanol–water partition coefficient (Wildman–Crippen LogP) is 3.67. The van der Waals surface area contributed by atoms with Gasteiger partial charge in [-0.25, -0.2) is 4.98 Å². The Hall–Kier alpha value is -4.46. The molecule has 0 aliphatic carbocycles. The van der Waals surface area contributed by atoms with E-state index in [0.29, 0.717) is 45.1 Å². The van der Waals surface area contributed by atoms with Crippen molar-refractivity contribution in [2.45, 2.75) is 20.0 Å². The molecule has 0 unspecified atom stereocenters. The number of anilines is 2. The summed E-state index contributed by atoms with van der Waals surface area (Å²) in [6, 6.07) is 19.0. The number of hydrogen-bond acceptors (Lipinski definition) is 5. The van der Waals surface area contributed by atoms with Gasteiger partial charge in [-0.2, -0.15) is 0 Å². The van der Waals surface area contributed by atoms with Gasteiger partial charge in [-0.15, -0.1) is 0 Å². The number of carbonyl (C=O) groups excluding carboxylic acids is 2. The van der Waals surface area contributed by atoms with Crippen LogP contribution in [0, 0.1) is 6.92 Å². The first-order valence-electron chi connectivity index (χ1n) is 10.4. The lowest BCUT2D eigenvalue weighted by Crippen LogP contribution is -2.34. The monoisotopic (exact) mass is 440 g/mol. The molecule has 33 heavy (non-hydrogen) atoms. The van der Waals surface area contributed by atoms with Crippen molar-refractivity contribution in [1.82, 2.24) is 9.55 Å². The maximum absolute atomic E-state index is 13.0. The van der Waals surface area contributed by atoms with E-state index in [4.69, 9.17) is 4.74 Å². The number of rotatable bonds is 3. The molecule has 5 rings (SSSR count). The summed E-state index contributed by atoms with van der Waals surface area (Å²) in [5.74, 6) is 0.548. The maximum Gasteiger partial charge on any atom is 0.265 e. The van der Waals surface area contributed by atoms with Gasteiger partial charge in [0.25, 0.3) is 17.4 Å². The van der Waals surface area contributed by atoms with Gasteiger partial charge in [0.2, 0.25) is 0 Å². The fraction of sp³-hybridized carbons (Fsp3) is 0.120. The number of fused-ring (bicyclic) bond motifs is 2. The minimum absolute atomic E-state index is 0.164. The van der Waals surface area contributed by atoms with Crippen LogP contribution in [0.25, 0.3) is 16.6 Å². The molecular weight excluding hydrogens is 420 g/mol. The Morgan fingerprint density at radius 1 is 1.06 bits per heavy atom. The highest BCUT2D eigenvalue weighted by Crippen LogP contribution is 2.32. The number of nitrogens with one attached hydrogen (secondary N) is 2. The molecule has 1 atom stereocenters. The number of aromatic nitrogens is 2. The van der Waals surface area contributed by atoms with Gasteiger partial charge >= 0.3 is 0 Å². The van der Waals surface area contributed by atoms with Crippen LogP contribution < -0.4 is 20.9 Å². The average molecular weight is 440 g/mol. The number of benzene rings is 3. The third-order valence-corrected chi connectivity index (χ3v) is 5.50. The van der Waals surface area contributed by atoms with Gasteiger partial charge < -0.3 is 15.4 Å². The van der Waals surface area contributed by atoms with Crippen LogP contribution in [0.1, 0.15) is 23.1 Å². The molecule has 1 aliphatic rings. The summed E-state index contributed by atoms with van der Waals surface area (Å²) in [6.07, 6.45) is -0.564. The summed E-state index contributed by atoms with van der Waals surface area (Å²) in [6.45, 7) is 3.44. The molecule has 2 heterocycles. The van der Waals surface area contributed by atoms with Crippen molar-refractivity contribution < 1.29 is 14.3 Å². The van der Waals surface area contributed by atoms with Gasteiger partial charge in [-0.3, -0.25) is 19.0 Å². The smallest absolute Gasteiger partial charge is 0.265 e. The van der Waals surface area contributed by atoms with Crippen LogP contribution in [-0.2, 0) is 4.79 Å². The molecule has 1 aliphatic heterocycles. The summed E-state index contributed by atoms with van der Waals surface area (Å²) < 4.78 is 7.06. The summed E-state index contributed by atoms with van der Waals surface area (Å²) in [7, 11) is 0. The molecule has 2 amide bonds. The molecule has 0 radical (unpaired) electrons. The van der Waals surface area contributed by atoms with Gasteiger partial charge in [0.05, 0.1) is 22.3 Å². The highest BCUT2D eigenvalue weighted by Gasteiger charge is 2.23.